The number of halogens is 4. The van der Waals surface area contributed by atoms with Gasteiger partial charge in [0.15, 0.2) is 5.13 Å². The molecule has 0 bridgehead atoms. The lowest BCUT2D eigenvalue weighted by Crippen LogP contribution is -2.25. The number of hydrogen-bond acceptors (Lipinski definition) is 4. The van der Waals surface area contributed by atoms with E-state index in [4.69, 9.17) is 0 Å². The third-order valence-electron chi connectivity index (χ3n) is 4.49. The highest BCUT2D eigenvalue weighted by Crippen LogP contribution is 2.37. The van der Waals surface area contributed by atoms with Crippen LogP contribution in [0.4, 0.5) is 22.7 Å². The minimum Gasteiger partial charge on any atom is -0.365 e. The Labute approximate surface area is 147 Å². The molecule has 25 heavy (non-hydrogen) atoms. The highest BCUT2D eigenvalue weighted by molar-refractivity contribution is 7.16. The van der Waals surface area contributed by atoms with E-state index in [0.717, 1.165) is 36.4 Å². The second-order valence-corrected chi connectivity index (χ2v) is 7.28. The molecule has 8 heteroatoms. The Balaban J connectivity index is 2.00. The van der Waals surface area contributed by atoms with E-state index in [2.05, 4.69) is 22.1 Å². The van der Waals surface area contributed by atoms with E-state index in [1.165, 1.54) is 17.4 Å². The molecule has 0 aliphatic carbocycles. The SMILES string of the molecule is CNc1nc(-c2ccc(F)c(C(F)(F)F)c2)c(CN2CCCC2C)s1. The first-order chi connectivity index (χ1) is 11.8. The number of likely N-dealkylation sites (tertiary alicyclic amines) is 1. The maximum absolute atomic E-state index is 13.6. The van der Waals surface area contributed by atoms with Crippen LogP contribution >= 0.6 is 11.3 Å². The van der Waals surface area contributed by atoms with Gasteiger partial charge >= 0.3 is 6.18 Å². The average Bonchev–Trinajstić information content (AvgIpc) is 3.14. The highest BCUT2D eigenvalue weighted by atomic mass is 32.1. The van der Waals surface area contributed by atoms with Crippen molar-refractivity contribution in [2.75, 3.05) is 18.9 Å². The Morgan fingerprint density at radius 3 is 2.72 bits per heavy atom. The Morgan fingerprint density at radius 2 is 2.12 bits per heavy atom. The van der Waals surface area contributed by atoms with Crippen molar-refractivity contribution < 1.29 is 17.6 Å². The van der Waals surface area contributed by atoms with Crippen molar-refractivity contribution in [2.24, 2.45) is 0 Å². The molecule has 0 amide bonds. The summed E-state index contributed by atoms with van der Waals surface area (Å²) >= 11 is 1.42. The van der Waals surface area contributed by atoms with Gasteiger partial charge in [-0.1, -0.05) is 0 Å². The van der Waals surface area contributed by atoms with Gasteiger partial charge in [0, 0.05) is 30.1 Å². The predicted molar refractivity (Wildman–Crippen MR) is 91.2 cm³/mol. The largest absolute Gasteiger partial charge is 0.419 e. The minimum atomic E-state index is -4.73. The van der Waals surface area contributed by atoms with Crippen molar-refractivity contribution in [1.82, 2.24) is 9.88 Å². The summed E-state index contributed by atoms with van der Waals surface area (Å²) in [6.07, 6.45) is -2.50. The summed E-state index contributed by atoms with van der Waals surface area (Å²) < 4.78 is 52.6. The van der Waals surface area contributed by atoms with Crippen LogP contribution < -0.4 is 5.32 Å². The third kappa shape index (κ3) is 3.79. The molecule has 1 aliphatic heterocycles. The Hall–Kier alpha value is -1.67. The quantitative estimate of drug-likeness (QED) is 0.765. The molecule has 1 saturated heterocycles. The molecule has 3 rings (SSSR count). The van der Waals surface area contributed by atoms with Crippen LogP contribution in [0.1, 0.15) is 30.2 Å². The number of nitrogens with one attached hydrogen (secondary N) is 1. The lowest BCUT2D eigenvalue weighted by atomic mass is 10.1. The zero-order valence-corrected chi connectivity index (χ0v) is 14.8. The van der Waals surface area contributed by atoms with Crippen molar-refractivity contribution >= 4 is 16.5 Å². The lowest BCUT2D eigenvalue weighted by molar-refractivity contribution is -0.139. The van der Waals surface area contributed by atoms with Crippen LogP contribution in [0, 0.1) is 5.82 Å². The van der Waals surface area contributed by atoms with Crippen molar-refractivity contribution in [1.29, 1.82) is 0 Å². The summed E-state index contributed by atoms with van der Waals surface area (Å²) in [6.45, 7) is 3.74. The molecule has 2 aromatic rings. The summed E-state index contributed by atoms with van der Waals surface area (Å²) in [6, 6.07) is 3.50. The maximum Gasteiger partial charge on any atom is 0.419 e. The van der Waals surface area contributed by atoms with Crippen LogP contribution in [-0.2, 0) is 12.7 Å². The zero-order valence-electron chi connectivity index (χ0n) is 14.0. The lowest BCUT2D eigenvalue weighted by Gasteiger charge is -2.20. The molecule has 1 N–H and O–H groups in total. The number of aromatic nitrogens is 1. The van der Waals surface area contributed by atoms with Crippen molar-refractivity contribution in [3.8, 4) is 11.3 Å². The molecule has 1 aromatic heterocycles. The monoisotopic (exact) mass is 373 g/mol. The van der Waals surface area contributed by atoms with E-state index in [-0.39, 0.29) is 5.56 Å². The molecule has 1 unspecified atom stereocenters. The van der Waals surface area contributed by atoms with Crippen LogP contribution in [0.3, 0.4) is 0 Å². The molecule has 3 nitrogen and oxygen atoms in total. The first-order valence-electron chi connectivity index (χ1n) is 8.08. The van der Waals surface area contributed by atoms with Gasteiger partial charge in [0.05, 0.1) is 11.3 Å². The molecular formula is C17H19F4N3S. The molecule has 1 aromatic carbocycles. The number of nitrogens with zero attached hydrogens (tertiary/aromatic N) is 2. The minimum absolute atomic E-state index is 0.285. The first-order valence-corrected chi connectivity index (χ1v) is 8.90. The number of thiazole rings is 1. The van der Waals surface area contributed by atoms with Crippen LogP contribution in [0.2, 0.25) is 0 Å². The van der Waals surface area contributed by atoms with Crippen LogP contribution in [-0.4, -0.2) is 29.5 Å². The zero-order chi connectivity index (χ0) is 18.2. The maximum atomic E-state index is 13.6. The van der Waals surface area contributed by atoms with E-state index >= 15 is 0 Å². The molecule has 0 spiro atoms. The second-order valence-electron chi connectivity index (χ2n) is 6.19. The van der Waals surface area contributed by atoms with E-state index < -0.39 is 17.6 Å². The number of rotatable bonds is 4. The molecule has 1 aliphatic rings. The topological polar surface area (TPSA) is 28.2 Å². The van der Waals surface area contributed by atoms with Crippen LogP contribution in [0.5, 0.6) is 0 Å². The normalized spacial score (nSPS) is 18.7. The van der Waals surface area contributed by atoms with Gasteiger partial charge in [-0.05, 0) is 44.5 Å². The van der Waals surface area contributed by atoms with Crippen molar-refractivity contribution in [3.05, 3.63) is 34.5 Å². The van der Waals surface area contributed by atoms with Gasteiger partial charge in [-0.2, -0.15) is 13.2 Å². The summed E-state index contributed by atoms with van der Waals surface area (Å²) in [5.74, 6) is -1.27. The molecule has 0 saturated carbocycles. The van der Waals surface area contributed by atoms with E-state index in [0.29, 0.717) is 23.4 Å². The van der Waals surface area contributed by atoms with Crippen LogP contribution in [0.25, 0.3) is 11.3 Å². The van der Waals surface area contributed by atoms with Gasteiger partial charge < -0.3 is 5.32 Å². The van der Waals surface area contributed by atoms with E-state index in [9.17, 15) is 17.6 Å². The van der Waals surface area contributed by atoms with Crippen molar-refractivity contribution in [3.63, 3.8) is 0 Å². The van der Waals surface area contributed by atoms with Crippen molar-refractivity contribution in [2.45, 2.75) is 38.5 Å². The first kappa shape index (κ1) is 18.1. The predicted octanol–water partition coefficient (Wildman–Crippen LogP) is 4.99. The van der Waals surface area contributed by atoms with Gasteiger partial charge in [0.25, 0.3) is 0 Å². The molecule has 1 fully saturated rings. The Bertz CT molecular complexity index is 757. The van der Waals surface area contributed by atoms with E-state index in [1.807, 2.05) is 0 Å². The molecule has 2 heterocycles. The number of hydrogen-bond donors (Lipinski definition) is 1. The average molecular weight is 373 g/mol. The second kappa shape index (κ2) is 6.92. The summed E-state index contributed by atoms with van der Waals surface area (Å²) in [4.78, 5) is 7.59. The van der Waals surface area contributed by atoms with Gasteiger partial charge in [-0.3, -0.25) is 4.90 Å². The number of alkyl halides is 3. The standard InChI is InChI=1S/C17H19F4N3S/c1-10-4-3-7-24(10)9-14-15(23-16(22-2)25-14)11-5-6-13(18)12(8-11)17(19,20)21/h5-6,8,10H,3-4,7,9H2,1-2H3,(H,22,23). The fourth-order valence-electron chi connectivity index (χ4n) is 3.09. The fraction of sp³-hybridized carbons (Fsp3) is 0.471. The highest BCUT2D eigenvalue weighted by Gasteiger charge is 2.34. The Kier molecular flexibility index (Phi) is 5.02. The van der Waals surface area contributed by atoms with Gasteiger partial charge in [-0.15, -0.1) is 11.3 Å². The summed E-state index contributed by atoms with van der Waals surface area (Å²) in [5, 5.41) is 3.58. The van der Waals surface area contributed by atoms with Gasteiger partial charge in [0.2, 0.25) is 0 Å². The summed E-state index contributed by atoms with van der Waals surface area (Å²) in [5.41, 5.74) is -0.489. The van der Waals surface area contributed by atoms with Crippen LogP contribution in [0.15, 0.2) is 18.2 Å². The molecule has 136 valence electrons. The molecule has 1 atom stereocenters. The summed E-state index contributed by atoms with van der Waals surface area (Å²) in [7, 11) is 1.72. The Morgan fingerprint density at radius 1 is 1.36 bits per heavy atom. The third-order valence-corrected chi connectivity index (χ3v) is 5.55. The van der Waals surface area contributed by atoms with Gasteiger partial charge in [-0.25, -0.2) is 9.37 Å². The number of anilines is 1. The van der Waals surface area contributed by atoms with Gasteiger partial charge in [0.1, 0.15) is 5.82 Å². The van der Waals surface area contributed by atoms with E-state index in [1.54, 1.807) is 7.05 Å². The fourth-order valence-corrected chi connectivity index (χ4v) is 4.06. The molecular weight excluding hydrogens is 354 g/mol. The smallest absolute Gasteiger partial charge is 0.365 e. The molecule has 0 radical (unpaired) electrons. The number of benzene rings is 1.